The predicted octanol–water partition coefficient (Wildman–Crippen LogP) is 3.32. The molecule has 0 bridgehead atoms. The third-order valence-electron chi connectivity index (χ3n) is 4.36. The molecule has 0 fully saturated rings. The highest BCUT2D eigenvalue weighted by Crippen LogP contribution is 2.26. The largest absolute Gasteiger partial charge is 0.494 e. The Kier molecular flexibility index (Phi) is 6.47. The molecule has 27 heavy (non-hydrogen) atoms. The Morgan fingerprint density at radius 3 is 2.81 bits per heavy atom. The molecule has 0 unspecified atom stereocenters. The van der Waals surface area contributed by atoms with Gasteiger partial charge in [-0.3, -0.25) is 9.69 Å². The van der Waals surface area contributed by atoms with E-state index in [1.165, 1.54) is 22.5 Å². The van der Waals surface area contributed by atoms with Gasteiger partial charge < -0.3 is 14.8 Å². The molecule has 144 valence electrons. The zero-order valence-electron chi connectivity index (χ0n) is 15.6. The number of anilines is 1. The number of hydrogen-bond donors (Lipinski definition) is 1. The van der Waals surface area contributed by atoms with Gasteiger partial charge in [-0.25, -0.2) is 4.79 Å². The van der Waals surface area contributed by atoms with E-state index in [9.17, 15) is 9.59 Å². The quantitative estimate of drug-likeness (QED) is 0.737. The molecule has 0 aliphatic carbocycles. The van der Waals surface area contributed by atoms with E-state index in [0.717, 1.165) is 18.7 Å². The van der Waals surface area contributed by atoms with Crippen LogP contribution in [0, 0.1) is 0 Å². The first-order valence-electron chi connectivity index (χ1n) is 9.12. The number of benzene rings is 1. The van der Waals surface area contributed by atoms with Crippen molar-refractivity contribution in [3.8, 4) is 5.75 Å². The third kappa shape index (κ3) is 4.87. The fourth-order valence-electron chi connectivity index (χ4n) is 3.13. The summed E-state index contributed by atoms with van der Waals surface area (Å²) in [7, 11) is 0. The maximum absolute atomic E-state index is 12.5. The maximum atomic E-state index is 12.5. The number of hydrogen-bond acceptors (Lipinski definition) is 6. The minimum absolute atomic E-state index is 0.132. The lowest BCUT2D eigenvalue weighted by molar-refractivity contribution is -0.117. The first kappa shape index (κ1) is 19.4. The molecule has 0 saturated heterocycles. The van der Waals surface area contributed by atoms with Crippen molar-refractivity contribution >= 4 is 28.2 Å². The zero-order chi connectivity index (χ0) is 19.2. The van der Waals surface area contributed by atoms with E-state index in [2.05, 4.69) is 22.3 Å². The topological polar surface area (TPSA) is 67.9 Å². The first-order valence-corrected chi connectivity index (χ1v) is 10.00. The van der Waals surface area contributed by atoms with Crippen LogP contribution in [0.25, 0.3) is 0 Å². The van der Waals surface area contributed by atoms with Crippen molar-refractivity contribution in [1.29, 1.82) is 0 Å². The Hall–Kier alpha value is -2.38. The standard InChI is InChI=1S/C20H24N2O4S/c1-3-25-16-6-5-14-7-9-22(12-15(14)11-16)13-18(23)21-19-17(8-10-27-19)20(24)26-4-2/h5-6,8,10-11H,3-4,7,9,12-13H2,1-2H3,(H,21,23). The van der Waals surface area contributed by atoms with Gasteiger partial charge in [0.25, 0.3) is 0 Å². The molecule has 7 heteroatoms. The number of carbonyl (C=O) groups is 2. The molecule has 1 aliphatic heterocycles. The molecule has 3 rings (SSSR count). The number of nitrogens with zero attached hydrogens (tertiary/aromatic N) is 1. The van der Waals surface area contributed by atoms with Crippen molar-refractivity contribution in [2.75, 3.05) is 31.6 Å². The summed E-state index contributed by atoms with van der Waals surface area (Å²) in [6.45, 7) is 6.47. The van der Waals surface area contributed by atoms with Crippen LogP contribution in [0.2, 0.25) is 0 Å². The van der Waals surface area contributed by atoms with Crippen LogP contribution in [0.3, 0.4) is 0 Å². The maximum Gasteiger partial charge on any atom is 0.341 e. The molecule has 0 atom stereocenters. The Morgan fingerprint density at radius 2 is 2.04 bits per heavy atom. The molecular weight excluding hydrogens is 364 g/mol. The minimum Gasteiger partial charge on any atom is -0.494 e. The molecule has 1 aromatic carbocycles. The van der Waals surface area contributed by atoms with Gasteiger partial charge in [-0.1, -0.05) is 6.07 Å². The van der Waals surface area contributed by atoms with E-state index in [1.54, 1.807) is 18.4 Å². The minimum atomic E-state index is -0.413. The summed E-state index contributed by atoms with van der Waals surface area (Å²) in [4.78, 5) is 26.5. The van der Waals surface area contributed by atoms with Gasteiger partial charge in [0.15, 0.2) is 0 Å². The fraction of sp³-hybridized carbons (Fsp3) is 0.400. The lowest BCUT2D eigenvalue weighted by Crippen LogP contribution is -2.37. The monoisotopic (exact) mass is 388 g/mol. The summed E-state index contributed by atoms with van der Waals surface area (Å²) in [6, 6.07) is 7.83. The van der Waals surface area contributed by atoms with E-state index >= 15 is 0 Å². The number of fused-ring (bicyclic) bond motifs is 1. The van der Waals surface area contributed by atoms with Gasteiger partial charge in [0.2, 0.25) is 5.91 Å². The van der Waals surface area contributed by atoms with Crippen molar-refractivity contribution in [1.82, 2.24) is 4.90 Å². The summed E-state index contributed by atoms with van der Waals surface area (Å²) in [5.41, 5.74) is 2.90. The van der Waals surface area contributed by atoms with Gasteiger partial charge in [0.1, 0.15) is 10.8 Å². The second-order valence-electron chi connectivity index (χ2n) is 6.26. The SMILES string of the molecule is CCOC(=O)c1ccsc1NC(=O)CN1CCc2ccc(OCC)cc2C1. The lowest BCUT2D eigenvalue weighted by atomic mass is 9.99. The molecule has 1 N–H and O–H groups in total. The second-order valence-corrected chi connectivity index (χ2v) is 7.17. The molecule has 0 spiro atoms. The van der Waals surface area contributed by atoms with Gasteiger partial charge in [0, 0.05) is 13.1 Å². The number of thiophene rings is 1. The summed E-state index contributed by atoms with van der Waals surface area (Å²) < 4.78 is 10.6. The lowest BCUT2D eigenvalue weighted by Gasteiger charge is -2.28. The van der Waals surface area contributed by atoms with Crippen LogP contribution in [0.15, 0.2) is 29.6 Å². The van der Waals surface area contributed by atoms with Crippen LogP contribution in [0.1, 0.15) is 35.3 Å². The van der Waals surface area contributed by atoms with Gasteiger partial charge in [0.05, 0.1) is 25.3 Å². The van der Waals surface area contributed by atoms with E-state index < -0.39 is 5.97 Å². The number of ether oxygens (including phenoxy) is 2. The Balaban J connectivity index is 1.60. The smallest absolute Gasteiger partial charge is 0.341 e. The van der Waals surface area contributed by atoms with Crippen LogP contribution in [-0.4, -0.2) is 43.1 Å². The van der Waals surface area contributed by atoms with Gasteiger partial charge in [-0.05, 0) is 55.0 Å². The average Bonchev–Trinajstić information content (AvgIpc) is 3.10. The van der Waals surface area contributed by atoms with Gasteiger partial charge in [-0.2, -0.15) is 0 Å². The van der Waals surface area contributed by atoms with Gasteiger partial charge in [-0.15, -0.1) is 11.3 Å². The molecule has 1 aliphatic rings. The van der Waals surface area contributed by atoms with E-state index in [0.29, 0.717) is 30.3 Å². The van der Waals surface area contributed by atoms with Crippen LogP contribution in [0.4, 0.5) is 5.00 Å². The highest BCUT2D eigenvalue weighted by Gasteiger charge is 2.21. The van der Waals surface area contributed by atoms with Gasteiger partial charge >= 0.3 is 5.97 Å². The first-order chi connectivity index (χ1) is 13.1. The Bertz CT molecular complexity index is 818. The van der Waals surface area contributed by atoms with Crippen molar-refractivity contribution in [3.05, 3.63) is 46.3 Å². The number of nitrogens with one attached hydrogen (secondary N) is 1. The molecule has 6 nitrogen and oxygen atoms in total. The fourth-order valence-corrected chi connectivity index (χ4v) is 3.92. The van der Waals surface area contributed by atoms with Crippen LogP contribution >= 0.6 is 11.3 Å². The summed E-state index contributed by atoms with van der Waals surface area (Å²) in [5.74, 6) is 0.317. The van der Waals surface area contributed by atoms with Crippen molar-refractivity contribution in [2.24, 2.45) is 0 Å². The highest BCUT2D eigenvalue weighted by molar-refractivity contribution is 7.14. The number of carbonyl (C=O) groups excluding carboxylic acids is 2. The summed E-state index contributed by atoms with van der Waals surface area (Å²) >= 11 is 1.32. The summed E-state index contributed by atoms with van der Waals surface area (Å²) in [6.07, 6.45) is 0.905. The van der Waals surface area contributed by atoms with E-state index in [1.807, 2.05) is 13.0 Å². The van der Waals surface area contributed by atoms with E-state index in [4.69, 9.17) is 9.47 Å². The van der Waals surface area contributed by atoms with Crippen molar-refractivity contribution < 1.29 is 19.1 Å². The number of amides is 1. The average molecular weight is 388 g/mol. The zero-order valence-corrected chi connectivity index (χ0v) is 16.4. The van der Waals surface area contributed by atoms with Crippen LogP contribution in [0.5, 0.6) is 5.75 Å². The van der Waals surface area contributed by atoms with Crippen LogP contribution in [-0.2, 0) is 22.5 Å². The molecule has 0 radical (unpaired) electrons. The van der Waals surface area contributed by atoms with Crippen LogP contribution < -0.4 is 10.1 Å². The third-order valence-corrected chi connectivity index (χ3v) is 5.19. The second kappa shape index (κ2) is 9.01. The Labute approximate surface area is 163 Å². The number of esters is 1. The molecular formula is C20H24N2O4S. The molecule has 2 aromatic rings. The van der Waals surface area contributed by atoms with Crippen molar-refractivity contribution in [2.45, 2.75) is 26.8 Å². The molecule has 2 heterocycles. The molecule has 1 amide bonds. The predicted molar refractivity (Wildman–Crippen MR) is 105 cm³/mol. The molecule has 0 saturated carbocycles. The van der Waals surface area contributed by atoms with Crippen molar-refractivity contribution in [3.63, 3.8) is 0 Å². The normalized spacial score (nSPS) is 13.7. The highest BCUT2D eigenvalue weighted by atomic mass is 32.1. The molecule has 1 aromatic heterocycles. The van der Waals surface area contributed by atoms with E-state index in [-0.39, 0.29) is 12.5 Å². The summed E-state index contributed by atoms with van der Waals surface area (Å²) in [5, 5.41) is 5.15. The Morgan fingerprint density at radius 1 is 1.19 bits per heavy atom. The number of rotatable bonds is 7.